The first-order valence-corrected chi connectivity index (χ1v) is 5.35. The number of fused-ring (bicyclic) bond motifs is 2. The quantitative estimate of drug-likeness (QED) is 0.695. The molecule has 2 N–H and O–H groups in total. The monoisotopic (exact) mass is 181 g/mol. The first-order chi connectivity index (χ1) is 6.05. The summed E-state index contributed by atoms with van der Waals surface area (Å²) in [5, 5.41) is 0. The lowest BCUT2D eigenvalue weighted by Crippen LogP contribution is -2.34. The van der Waals surface area contributed by atoms with Gasteiger partial charge in [0.05, 0.1) is 0 Å². The van der Waals surface area contributed by atoms with E-state index in [4.69, 9.17) is 5.73 Å². The van der Waals surface area contributed by atoms with Crippen LogP contribution in [0.5, 0.6) is 0 Å². The zero-order valence-corrected chi connectivity index (χ0v) is 8.55. The van der Waals surface area contributed by atoms with Crippen LogP contribution in [0.2, 0.25) is 0 Å². The molecule has 1 amide bonds. The van der Waals surface area contributed by atoms with Crippen molar-refractivity contribution in [2.75, 3.05) is 0 Å². The Bertz CT molecular complexity index is 236. The van der Waals surface area contributed by atoms with Crippen LogP contribution < -0.4 is 5.73 Å². The molecule has 0 radical (unpaired) electrons. The molecule has 2 heteroatoms. The fraction of sp³-hybridized carbons (Fsp3) is 0.909. The van der Waals surface area contributed by atoms with Gasteiger partial charge in [0.15, 0.2) is 0 Å². The number of nitrogens with two attached hydrogens (primary N) is 1. The van der Waals surface area contributed by atoms with E-state index in [1.54, 1.807) is 0 Å². The van der Waals surface area contributed by atoms with Crippen LogP contribution in [0.15, 0.2) is 0 Å². The van der Waals surface area contributed by atoms with Gasteiger partial charge in [0, 0.05) is 5.41 Å². The average molecular weight is 181 g/mol. The zero-order valence-electron chi connectivity index (χ0n) is 8.55. The highest BCUT2D eigenvalue weighted by Gasteiger charge is 2.54. The fourth-order valence-corrected chi connectivity index (χ4v) is 3.44. The highest BCUT2D eigenvalue weighted by Crippen LogP contribution is 2.58. The van der Waals surface area contributed by atoms with Crippen LogP contribution in [-0.4, -0.2) is 5.91 Å². The largest absolute Gasteiger partial charge is 0.369 e. The number of primary amides is 1. The third-order valence-electron chi connectivity index (χ3n) is 4.26. The molecule has 0 aliphatic heterocycles. The van der Waals surface area contributed by atoms with Gasteiger partial charge in [-0.1, -0.05) is 13.8 Å². The Kier molecular flexibility index (Phi) is 1.90. The third kappa shape index (κ3) is 1.18. The molecule has 3 atom stereocenters. The Hall–Kier alpha value is -0.530. The average Bonchev–Trinajstić information content (AvgIpc) is 2.60. The number of carbonyl (C=O) groups is 1. The molecule has 0 spiro atoms. The molecule has 2 aliphatic rings. The first kappa shape index (κ1) is 9.04. The molecule has 0 aromatic carbocycles. The van der Waals surface area contributed by atoms with Crippen molar-refractivity contribution < 1.29 is 4.79 Å². The summed E-state index contributed by atoms with van der Waals surface area (Å²) < 4.78 is 0. The van der Waals surface area contributed by atoms with Gasteiger partial charge in [-0.05, 0) is 43.4 Å². The molecule has 2 bridgehead atoms. The molecule has 0 unspecified atom stereocenters. The van der Waals surface area contributed by atoms with Crippen LogP contribution in [0, 0.1) is 23.2 Å². The van der Waals surface area contributed by atoms with E-state index in [1.807, 2.05) is 0 Å². The summed E-state index contributed by atoms with van der Waals surface area (Å²) in [6.07, 6.45) is 4.41. The van der Waals surface area contributed by atoms with Crippen molar-refractivity contribution in [2.24, 2.45) is 28.9 Å². The summed E-state index contributed by atoms with van der Waals surface area (Å²) in [7, 11) is 0. The maximum Gasteiger partial charge on any atom is 0.223 e. The van der Waals surface area contributed by atoms with Crippen LogP contribution in [0.4, 0.5) is 0 Å². The van der Waals surface area contributed by atoms with Crippen molar-refractivity contribution in [1.82, 2.24) is 0 Å². The molecular weight excluding hydrogens is 162 g/mol. The molecule has 2 fully saturated rings. The fourth-order valence-electron chi connectivity index (χ4n) is 3.44. The molecule has 0 aromatic heterocycles. The second-order valence-corrected chi connectivity index (χ2v) is 5.26. The van der Waals surface area contributed by atoms with E-state index in [-0.39, 0.29) is 11.3 Å². The standard InChI is InChI=1S/C11H19NO/c1-7(2)9-6-11(10(12)13)4-3-8(9)5-11/h7-9H,3-6H2,1-2H3,(H2,12,13)/t8-,9+,11+/m1/s1. The van der Waals surface area contributed by atoms with Crippen LogP contribution >= 0.6 is 0 Å². The maximum atomic E-state index is 11.4. The topological polar surface area (TPSA) is 43.1 Å². The van der Waals surface area contributed by atoms with Crippen LogP contribution in [-0.2, 0) is 4.79 Å². The highest BCUT2D eigenvalue weighted by atomic mass is 16.1. The minimum absolute atomic E-state index is 0.0434. The summed E-state index contributed by atoms with van der Waals surface area (Å²) >= 11 is 0. The van der Waals surface area contributed by atoms with Crippen molar-refractivity contribution in [2.45, 2.75) is 39.5 Å². The molecule has 0 aromatic rings. The van der Waals surface area contributed by atoms with Gasteiger partial charge in [-0.25, -0.2) is 0 Å². The minimum Gasteiger partial charge on any atom is -0.369 e. The normalized spacial score (nSPS) is 43.0. The molecule has 2 saturated carbocycles. The predicted molar refractivity (Wildman–Crippen MR) is 51.9 cm³/mol. The Morgan fingerprint density at radius 3 is 2.54 bits per heavy atom. The van der Waals surface area contributed by atoms with Crippen molar-refractivity contribution in [3.8, 4) is 0 Å². The van der Waals surface area contributed by atoms with Gasteiger partial charge in [0.25, 0.3) is 0 Å². The summed E-state index contributed by atoms with van der Waals surface area (Å²) in [5.41, 5.74) is 5.40. The summed E-state index contributed by atoms with van der Waals surface area (Å²) in [5.74, 6) is 2.21. The van der Waals surface area contributed by atoms with Crippen molar-refractivity contribution >= 4 is 5.91 Å². The van der Waals surface area contributed by atoms with E-state index in [2.05, 4.69) is 13.8 Å². The third-order valence-corrected chi connectivity index (χ3v) is 4.26. The molecule has 2 rings (SSSR count). The van der Waals surface area contributed by atoms with Gasteiger partial charge < -0.3 is 5.73 Å². The van der Waals surface area contributed by atoms with E-state index in [9.17, 15) is 4.79 Å². The van der Waals surface area contributed by atoms with Gasteiger partial charge in [-0.3, -0.25) is 4.79 Å². The van der Waals surface area contributed by atoms with E-state index >= 15 is 0 Å². The smallest absolute Gasteiger partial charge is 0.223 e. The molecule has 2 nitrogen and oxygen atoms in total. The molecular formula is C11H19NO. The number of rotatable bonds is 2. The summed E-state index contributed by atoms with van der Waals surface area (Å²) in [6.45, 7) is 4.53. The Labute approximate surface area is 79.9 Å². The summed E-state index contributed by atoms with van der Waals surface area (Å²) in [4.78, 5) is 11.4. The highest BCUT2D eigenvalue weighted by molar-refractivity contribution is 5.81. The van der Waals surface area contributed by atoms with E-state index in [0.717, 1.165) is 31.1 Å². The number of hydrogen-bond donors (Lipinski definition) is 1. The van der Waals surface area contributed by atoms with Crippen LogP contribution in [0.3, 0.4) is 0 Å². The van der Waals surface area contributed by atoms with Crippen LogP contribution in [0.25, 0.3) is 0 Å². The Morgan fingerprint density at radius 2 is 2.15 bits per heavy atom. The van der Waals surface area contributed by atoms with Gasteiger partial charge in [-0.15, -0.1) is 0 Å². The van der Waals surface area contributed by atoms with Gasteiger partial charge in [0.1, 0.15) is 0 Å². The maximum absolute atomic E-state index is 11.4. The van der Waals surface area contributed by atoms with Crippen LogP contribution in [0.1, 0.15) is 39.5 Å². The van der Waals surface area contributed by atoms with Gasteiger partial charge in [0.2, 0.25) is 5.91 Å². The lowest BCUT2D eigenvalue weighted by molar-refractivity contribution is -0.127. The van der Waals surface area contributed by atoms with Crippen molar-refractivity contribution in [1.29, 1.82) is 0 Å². The summed E-state index contributed by atoms with van der Waals surface area (Å²) in [6, 6.07) is 0. The second-order valence-electron chi connectivity index (χ2n) is 5.26. The second kappa shape index (κ2) is 2.73. The molecule has 0 heterocycles. The minimum atomic E-state index is -0.0976. The van der Waals surface area contributed by atoms with Crippen molar-refractivity contribution in [3.05, 3.63) is 0 Å². The Balaban J connectivity index is 2.17. The molecule has 2 aliphatic carbocycles. The molecule has 74 valence electrons. The number of amides is 1. The van der Waals surface area contributed by atoms with Gasteiger partial charge in [-0.2, -0.15) is 0 Å². The van der Waals surface area contributed by atoms with Crippen molar-refractivity contribution in [3.63, 3.8) is 0 Å². The molecule has 0 saturated heterocycles. The predicted octanol–water partition coefficient (Wildman–Crippen LogP) is 1.93. The number of hydrogen-bond acceptors (Lipinski definition) is 1. The van der Waals surface area contributed by atoms with Gasteiger partial charge >= 0.3 is 0 Å². The lowest BCUT2D eigenvalue weighted by Gasteiger charge is -2.29. The van der Waals surface area contributed by atoms with E-state index in [1.165, 1.54) is 6.42 Å². The zero-order chi connectivity index (χ0) is 9.64. The van der Waals surface area contributed by atoms with E-state index < -0.39 is 0 Å². The van der Waals surface area contributed by atoms with E-state index in [0.29, 0.717) is 5.92 Å². The number of carbonyl (C=O) groups excluding carboxylic acids is 1. The SMILES string of the molecule is CC(C)[C@@H]1C[C@]2(C(N)=O)CC[C@@H]1C2. The lowest BCUT2D eigenvalue weighted by atomic mass is 9.75. The Morgan fingerprint density at radius 1 is 1.46 bits per heavy atom. The molecule has 13 heavy (non-hydrogen) atoms. The first-order valence-electron chi connectivity index (χ1n) is 5.35.